The quantitative estimate of drug-likeness (QED) is 0.695. The van der Waals surface area contributed by atoms with Crippen molar-refractivity contribution < 1.29 is 0 Å². The Bertz CT molecular complexity index is 378. The third-order valence-electron chi connectivity index (χ3n) is 1.99. The van der Waals surface area contributed by atoms with Crippen LogP contribution in [0.2, 0.25) is 0 Å². The number of rotatable bonds is 2. The predicted octanol–water partition coefficient (Wildman–Crippen LogP) is 1.96. The molecule has 0 saturated heterocycles. The van der Waals surface area contributed by atoms with Gasteiger partial charge in [-0.2, -0.15) is 0 Å². The van der Waals surface area contributed by atoms with Crippen LogP contribution in [0.3, 0.4) is 0 Å². The largest absolute Gasteiger partial charge is 0.331 e. The fourth-order valence-electron chi connectivity index (χ4n) is 1.33. The molecule has 3 nitrogen and oxygen atoms in total. The average Bonchev–Trinajstić information content (AvgIpc) is 2.67. The topological polar surface area (TPSA) is 30.7 Å². The second-order valence-electron chi connectivity index (χ2n) is 2.77. The molecular formula is C10H11N3. The van der Waals surface area contributed by atoms with Gasteiger partial charge in [-0.1, -0.05) is 0 Å². The van der Waals surface area contributed by atoms with Gasteiger partial charge in [-0.15, -0.1) is 0 Å². The molecule has 66 valence electrons. The molecule has 0 radical (unpaired) electrons. The monoisotopic (exact) mass is 173 g/mol. The van der Waals surface area contributed by atoms with E-state index in [-0.39, 0.29) is 0 Å². The number of aromatic nitrogens is 3. The molecule has 0 N–H and O–H groups in total. The summed E-state index contributed by atoms with van der Waals surface area (Å²) in [7, 11) is 0. The molecule has 0 aliphatic heterocycles. The summed E-state index contributed by atoms with van der Waals surface area (Å²) in [4.78, 5) is 8.27. The van der Waals surface area contributed by atoms with Crippen LogP contribution in [0.15, 0.2) is 36.9 Å². The Morgan fingerprint density at radius 1 is 1.23 bits per heavy atom. The molecule has 13 heavy (non-hydrogen) atoms. The van der Waals surface area contributed by atoms with Gasteiger partial charge >= 0.3 is 0 Å². The molecule has 0 unspecified atom stereocenters. The second-order valence-corrected chi connectivity index (χ2v) is 2.77. The molecule has 0 bridgehead atoms. The van der Waals surface area contributed by atoms with Crippen molar-refractivity contribution >= 4 is 0 Å². The van der Waals surface area contributed by atoms with Crippen molar-refractivity contribution in [3.05, 3.63) is 36.9 Å². The van der Waals surface area contributed by atoms with Crippen molar-refractivity contribution in [2.45, 2.75) is 13.5 Å². The van der Waals surface area contributed by atoms with E-state index in [9.17, 15) is 0 Å². The van der Waals surface area contributed by atoms with Crippen LogP contribution in [-0.2, 0) is 6.54 Å². The first-order chi connectivity index (χ1) is 6.42. The molecule has 0 saturated carbocycles. The summed E-state index contributed by atoms with van der Waals surface area (Å²) in [6, 6.07) is 3.93. The van der Waals surface area contributed by atoms with E-state index < -0.39 is 0 Å². The normalized spacial score (nSPS) is 10.2. The van der Waals surface area contributed by atoms with Gasteiger partial charge in [0.05, 0.1) is 0 Å². The van der Waals surface area contributed by atoms with Crippen molar-refractivity contribution in [3.8, 4) is 11.4 Å². The molecule has 3 heteroatoms. The molecule has 0 amide bonds. The van der Waals surface area contributed by atoms with Gasteiger partial charge in [0.15, 0.2) is 0 Å². The Labute approximate surface area is 77.1 Å². The fraction of sp³-hybridized carbons (Fsp3) is 0.200. The first-order valence-electron chi connectivity index (χ1n) is 4.33. The number of hydrogen-bond acceptors (Lipinski definition) is 2. The SMILES string of the molecule is CCn1ccnc1-c1ccncc1. The van der Waals surface area contributed by atoms with Crippen molar-refractivity contribution in [2.24, 2.45) is 0 Å². The molecule has 0 atom stereocenters. The van der Waals surface area contributed by atoms with Gasteiger partial charge < -0.3 is 4.57 Å². The van der Waals surface area contributed by atoms with Gasteiger partial charge in [0, 0.05) is 36.9 Å². The van der Waals surface area contributed by atoms with Crippen molar-refractivity contribution in [3.63, 3.8) is 0 Å². The number of aryl methyl sites for hydroxylation is 1. The molecule has 0 aromatic carbocycles. The van der Waals surface area contributed by atoms with Crippen LogP contribution in [0.5, 0.6) is 0 Å². The maximum absolute atomic E-state index is 4.29. The molecule has 2 heterocycles. The summed E-state index contributed by atoms with van der Waals surface area (Å²) in [5.74, 6) is 1.00. The third kappa shape index (κ3) is 1.45. The Hall–Kier alpha value is -1.64. The smallest absolute Gasteiger partial charge is 0.139 e. The zero-order chi connectivity index (χ0) is 9.10. The zero-order valence-electron chi connectivity index (χ0n) is 7.51. The molecule has 0 aliphatic rings. The Balaban J connectivity index is 2.47. The molecule has 0 spiro atoms. The predicted molar refractivity (Wildman–Crippen MR) is 51.1 cm³/mol. The first-order valence-corrected chi connectivity index (χ1v) is 4.33. The van der Waals surface area contributed by atoms with E-state index in [1.54, 1.807) is 12.4 Å². The van der Waals surface area contributed by atoms with Crippen LogP contribution in [0.1, 0.15) is 6.92 Å². The lowest BCUT2D eigenvalue weighted by molar-refractivity contribution is 0.770. The van der Waals surface area contributed by atoms with Crippen LogP contribution in [0.4, 0.5) is 0 Å². The van der Waals surface area contributed by atoms with Crippen LogP contribution in [0.25, 0.3) is 11.4 Å². The van der Waals surface area contributed by atoms with Gasteiger partial charge in [0.25, 0.3) is 0 Å². The highest BCUT2D eigenvalue weighted by Gasteiger charge is 2.02. The summed E-state index contributed by atoms with van der Waals surface area (Å²) in [6.07, 6.45) is 7.36. The first kappa shape index (κ1) is 7.98. The van der Waals surface area contributed by atoms with Crippen molar-refractivity contribution in [1.29, 1.82) is 0 Å². The second kappa shape index (κ2) is 3.39. The maximum atomic E-state index is 4.29. The third-order valence-corrected chi connectivity index (χ3v) is 1.99. The molecule has 2 aromatic rings. The van der Waals surface area contributed by atoms with Crippen molar-refractivity contribution in [2.75, 3.05) is 0 Å². The molecule has 2 aromatic heterocycles. The van der Waals surface area contributed by atoms with E-state index in [0.717, 1.165) is 17.9 Å². The maximum Gasteiger partial charge on any atom is 0.139 e. The summed E-state index contributed by atoms with van der Waals surface area (Å²) in [6.45, 7) is 3.05. The highest BCUT2D eigenvalue weighted by Crippen LogP contribution is 2.15. The Morgan fingerprint density at radius 3 is 2.69 bits per heavy atom. The summed E-state index contributed by atoms with van der Waals surface area (Å²) in [5.41, 5.74) is 1.11. The summed E-state index contributed by atoms with van der Waals surface area (Å²) >= 11 is 0. The molecule has 2 rings (SSSR count). The van der Waals surface area contributed by atoms with E-state index in [0.29, 0.717) is 0 Å². The lowest BCUT2D eigenvalue weighted by atomic mass is 10.2. The molecule has 0 fully saturated rings. The highest BCUT2D eigenvalue weighted by molar-refractivity contribution is 5.54. The molecule has 0 aliphatic carbocycles. The van der Waals surface area contributed by atoms with Crippen LogP contribution < -0.4 is 0 Å². The minimum absolute atomic E-state index is 0.942. The Kier molecular flexibility index (Phi) is 2.08. The minimum atomic E-state index is 0.942. The van der Waals surface area contributed by atoms with E-state index >= 15 is 0 Å². The van der Waals surface area contributed by atoms with E-state index in [1.165, 1.54) is 0 Å². The van der Waals surface area contributed by atoms with Gasteiger partial charge in [-0.3, -0.25) is 4.98 Å². The highest BCUT2D eigenvalue weighted by atomic mass is 15.1. The summed E-state index contributed by atoms with van der Waals surface area (Å²) < 4.78 is 2.11. The van der Waals surface area contributed by atoms with Gasteiger partial charge in [0.1, 0.15) is 5.82 Å². The van der Waals surface area contributed by atoms with E-state index in [1.807, 2.05) is 24.5 Å². The molecular weight excluding hydrogens is 162 g/mol. The Morgan fingerprint density at radius 2 is 2.00 bits per heavy atom. The standard InChI is InChI=1S/C10H11N3/c1-2-13-8-7-12-10(13)9-3-5-11-6-4-9/h3-8H,2H2,1H3. The fourth-order valence-corrected chi connectivity index (χ4v) is 1.33. The zero-order valence-corrected chi connectivity index (χ0v) is 7.51. The van der Waals surface area contributed by atoms with Crippen LogP contribution in [-0.4, -0.2) is 14.5 Å². The van der Waals surface area contributed by atoms with Crippen molar-refractivity contribution in [1.82, 2.24) is 14.5 Å². The number of nitrogens with zero attached hydrogens (tertiary/aromatic N) is 3. The van der Waals surface area contributed by atoms with E-state index in [2.05, 4.69) is 21.5 Å². The number of imidazole rings is 1. The average molecular weight is 173 g/mol. The van der Waals surface area contributed by atoms with Crippen LogP contribution >= 0.6 is 0 Å². The lowest BCUT2D eigenvalue weighted by Gasteiger charge is -2.03. The van der Waals surface area contributed by atoms with Gasteiger partial charge in [0.2, 0.25) is 0 Å². The van der Waals surface area contributed by atoms with Gasteiger partial charge in [-0.25, -0.2) is 4.98 Å². The van der Waals surface area contributed by atoms with E-state index in [4.69, 9.17) is 0 Å². The van der Waals surface area contributed by atoms with Crippen LogP contribution in [0, 0.1) is 0 Å². The summed E-state index contributed by atoms with van der Waals surface area (Å²) in [5, 5.41) is 0. The number of pyridine rings is 1. The van der Waals surface area contributed by atoms with Gasteiger partial charge in [-0.05, 0) is 19.1 Å². The minimum Gasteiger partial charge on any atom is -0.331 e. The lowest BCUT2D eigenvalue weighted by Crippen LogP contribution is -1.95. The number of hydrogen-bond donors (Lipinski definition) is 0.